The highest BCUT2D eigenvalue weighted by Gasteiger charge is 2.02. The van der Waals surface area contributed by atoms with Gasteiger partial charge in [0, 0.05) is 17.2 Å². The van der Waals surface area contributed by atoms with Crippen molar-refractivity contribution in [3.63, 3.8) is 0 Å². The summed E-state index contributed by atoms with van der Waals surface area (Å²) in [7, 11) is 0. The molecule has 1 aromatic rings. The molecule has 1 heterocycles. The number of unbranched alkanes of at least 4 members (excludes halogenated alkanes) is 3. The number of halogens is 2. The van der Waals surface area contributed by atoms with E-state index in [0.29, 0.717) is 10.3 Å². The van der Waals surface area contributed by atoms with E-state index in [0.717, 1.165) is 38.8 Å². The van der Waals surface area contributed by atoms with Crippen molar-refractivity contribution >= 4 is 21.7 Å². The van der Waals surface area contributed by atoms with Gasteiger partial charge < -0.3 is 11.1 Å². The molecule has 0 fully saturated rings. The summed E-state index contributed by atoms with van der Waals surface area (Å²) < 4.78 is 14.0. The SMILES string of the molecule is NCCCCCCNc1ncc(Br)cc1F. The second-order valence-corrected chi connectivity index (χ2v) is 4.53. The molecule has 3 nitrogen and oxygen atoms in total. The van der Waals surface area contributed by atoms with E-state index >= 15 is 0 Å². The van der Waals surface area contributed by atoms with Gasteiger partial charge in [-0.05, 0) is 41.4 Å². The van der Waals surface area contributed by atoms with Crippen LogP contribution in [0.25, 0.3) is 0 Å². The van der Waals surface area contributed by atoms with E-state index in [1.165, 1.54) is 6.07 Å². The number of anilines is 1. The first kappa shape index (κ1) is 13.4. The third-order valence-electron chi connectivity index (χ3n) is 2.23. The van der Waals surface area contributed by atoms with E-state index in [1.54, 1.807) is 6.20 Å². The standard InChI is InChI=1S/C11H17BrFN3/c12-9-7-10(13)11(16-8-9)15-6-4-2-1-3-5-14/h7-8H,1-6,14H2,(H,15,16). The van der Waals surface area contributed by atoms with Crippen molar-refractivity contribution in [3.8, 4) is 0 Å². The van der Waals surface area contributed by atoms with Gasteiger partial charge in [0.15, 0.2) is 11.6 Å². The fraction of sp³-hybridized carbons (Fsp3) is 0.545. The quantitative estimate of drug-likeness (QED) is 0.759. The molecule has 0 saturated heterocycles. The Balaban J connectivity index is 2.21. The Labute approximate surface area is 104 Å². The molecule has 0 aliphatic rings. The lowest BCUT2D eigenvalue weighted by molar-refractivity contribution is 0.619. The summed E-state index contributed by atoms with van der Waals surface area (Å²) >= 11 is 3.16. The first-order valence-electron chi connectivity index (χ1n) is 5.49. The molecule has 0 bridgehead atoms. The van der Waals surface area contributed by atoms with Gasteiger partial charge in [0.05, 0.1) is 0 Å². The highest BCUT2D eigenvalue weighted by Crippen LogP contribution is 2.16. The summed E-state index contributed by atoms with van der Waals surface area (Å²) in [5.41, 5.74) is 5.39. The molecule has 0 aromatic carbocycles. The molecule has 0 radical (unpaired) electrons. The Hall–Kier alpha value is -0.680. The zero-order valence-corrected chi connectivity index (χ0v) is 10.8. The summed E-state index contributed by atoms with van der Waals surface area (Å²) in [4.78, 5) is 3.96. The van der Waals surface area contributed by atoms with Crippen molar-refractivity contribution in [3.05, 3.63) is 22.6 Å². The summed E-state index contributed by atoms with van der Waals surface area (Å²) in [5.74, 6) is -0.00152. The Morgan fingerprint density at radius 1 is 1.31 bits per heavy atom. The maximum atomic E-state index is 13.3. The lowest BCUT2D eigenvalue weighted by Crippen LogP contribution is -2.05. The molecule has 1 aromatic heterocycles. The van der Waals surface area contributed by atoms with Crippen LogP contribution in [0, 0.1) is 5.82 Å². The van der Waals surface area contributed by atoms with Gasteiger partial charge in [-0.2, -0.15) is 0 Å². The smallest absolute Gasteiger partial charge is 0.166 e. The monoisotopic (exact) mass is 289 g/mol. The summed E-state index contributed by atoms with van der Waals surface area (Å²) in [6, 6.07) is 1.41. The number of rotatable bonds is 7. The van der Waals surface area contributed by atoms with Crippen molar-refractivity contribution in [2.24, 2.45) is 5.73 Å². The molecule has 90 valence electrons. The van der Waals surface area contributed by atoms with Crippen LogP contribution in [0.15, 0.2) is 16.7 Å². The van der Waals surface area contributed by atoms with Crippen molar-refractivity contribution in [1.82, 2.24) is 4.98 Å². The molecular formula is C11H17BrFN3. The summed E-state index contributed by atoms with van der Waals surface area (Å²) in [6.07, 6.45) is 5.90. The van der Waals surface area contributed by atoms with Crippen LogP contribution in [-0.4, -0.2) is 18.1 Å². The number of nitrogens with one attached hydrogen (secondary N) is 1. The van der Waals surface area contributed by atoms with Crippen LogP contribution in [0.3, 0.4) is 0 Å². The highest BCUT2D eigenvalue weighted by atomic mass is 79.9. The van der Waals surface area contributed by atoms with Gasteiger partial charge >= 0.3 is 0 Å². The Bertz CT molecular complexity index is 320. The average Bonchev–Trinajstić information content (AvgIpc) is 2.26. The molecule has 0 aliphatic heterocycles. The van der Waals surface area contributed by atoms with Crippen LogP contribution in [0.2, 0.25) is 0 Å². The minimum Gasteiger partial charge on any atom is -0.368 e. The van der Waals surface area contributed by atoms with Crippen LogP contribution < -0.4 is 11.1 Å². The maximum Gasteiger partial charge on any atom is 0.166 e. The van der Waals surface area contributed by atoms with Gasteiger partial charge in [-0.15, -0.1) is 0 Å². The molecule has 1 rings (SSSR count). The zero-order chi connectivity index (χ0) is 11.8. The van der Waals surface area contributed by atoms with Gasteiger partial charge in [0.1, 0.15) is 0 Å². The van der Waals surface area contributed by atoms with Crippen LogP contribution >= 0.6 is 15.9 Å². The number of nitrogens with zero attached hydrogens (tertiary/aromatic N) is 1. The lowest BCUT2D eigenvalue weighted by Gasteiger charge is -2.06. The van der Waals surface area contributed by atoms with Crippen LogP contribution in [0.5, 0.6) is 0 Å². The number of nitrogens with two attached hydrogens (primary N) is 1. The van der Waals surface area contributed by atoms with Gasteiger partial charge in [-0.3, -0.25) is 0 Å². The fourth-order valence-electron chi connectivity index (χ4n) is 1.37. The van der Waals surface area contributed by atoms with E-state index in [1.807, 2.05) is 0 Å². The van der Waals surface area contributed by atoms with Crippen LogP contribution in [0.1, 0.15) is 25.7 Å². The molecule has 0 spiro atoms. The predicted octanol–water partition coefficient (Wildman–Crippen LogP) is 2.91. The van der Waals surface area contributed by atoms with Crippen molar-refractivity contribution < 1.29 is 4.39 Å². The molecule has 5 heteroatoms. The Morgan fingerprint density at radius 2 is 2.06 bits per heavy atom. The van der Waals surface area contributed by atoms with Gasteiger partial charge in [0.25, 0.3) is 0 Å². The number of hydrogen-bond donors (Lipinski definition) is 2. The van der Waals surface area contributed by atoms with E-state index in [9.17, 15) is 4.39 Å². The lowest BCUT2D eigenvalue weighted by atomic mass is 10.2. The Kier molecular flexibility index (Phi) is 6.33. The largest absolute Gasteiger partial charge is 0.368 e. The predicted molar refractivity (Wildman–Crippen MR) is 67.9 cm³/mol. The third kappa shape index (κ3) is 4.90. The highest BCUT2D eigenvalue weighted by molar-refractivity contribution is 9.10. The molecule has 0 aliphatic carbocycles. The normalized spacial score (nSPS) is 10.4. The van der Waals surface area contributed by atoms with E-state index < -0.39 is 0 Å². The topological polar surface area (TPSA) is 50.9 Å². The van der Waals surface area contributed by atoms with Gasteiger partial charge in [0.2, 0.25) is 0 Å². The molecule has 0 saturated carbocycles. The first-order valence-corrected chi connectivity index (χ1v) is 6.28. The molecular weight excluding hydrogens is 273 g/mol. The second kappa shape index (κ2) is 7.57. The number of aromatic nitrogens is 1. The Morgan fingerprint density at radius 3 is 2.75 bits per heavy atom. The molecule has 0 atom stereocenters. The molecule has 16 heavy (non-hydrogen) atoms. The van der Waals surface area contributed by atoms with Gasteiger partial charge in [-0.25, -0.2) is 9.37 Å². The average molecular weight is 290 g/mol. The summed E-state index contributed by atoms with van der Waals surface area (Å²) in [6.45, 7) is 1.49. The van der Waals surface area contributed by atoms with Gasteiger partial charge in [-0.1, -0.05) is 12.8 Å². The molecule has 3 N–H and O–H groups in total. The van der Waals surface area contributed by atoms with E-state index in [4.69, 9.17) is 5.73 Å². The molecule has 0 amide bonds. The van der Waals surface area contributed by atoms with Crippen LogP contribution in [-0.2, 0) is 0 Å². The van der Waals surface area contributed by atoms with E-state index in [2.05, 4.69) is 26.2 Å². The minimum absolute atomic E-state index is 0.321. The maximum absolute atomic E-state index is 13.3. The van der Waals surface area contributed by atoms with Crippen LogP contribution in [0.4, 0.5) is 10.2 Å². The first-order chi connectivity index (χ1) is 7.74. The van der Waals surface area contributed by atoms with Crippen molar-refractivity contribution in [2.45, 2.75) is 25.7 Å². The van der Waals surface area contributed by atoms with E-state index in [-0.39, 0.29) is 5.82 Å². The minimum atomic E-state index is -0.323. The van der Waals surface area contributed by atoms with Crippen molar-refractivity contribution in [1.29, 1.82) is 0 Å². The van der Waals surface area contributed by atoms with Crippen molar-refractivity contribution in [2.75, 3.05) is 18.4 Å². The third-order valence-corrected chi connectivity index (χ3v) is 2.66. The number of hydrogen-bond acceptors (Lipinski definition) is 3. The second-order valence-electron chi connectivity index (χ2n) is 3.61. The molecule has 0 unspecified atom stereocenters. The fourth-order valence-corrected chi connectivity index (χ4v) is 1.68. The summed E-state index contributed by atoms with van der Waals surface area (Å²) in [5, 5.41) is 2.98. The number of pyridine rings is 1. The zero-order valence-electron chi connectivity index (χ0n) is 9.18.